The molecule has 0 spiro atoms. The zero-order valence-corrected chi connectivity index (χ0v) is 14.4. The molecule has 1 aliphatic carbocycles. The van der Waals surface area contributed by atoms with E-state index in [9.17, 15) is 0 Å². The van der Waals surface area contributed by atoms with Crippen molar-refractivity contribution in [2.75, 3.05) is 19.8 Å². The molecular weight excluding hydrogens is 250 g/mol. The van der Waals surface area contributed by atoms with E-state index in [-0.39, 0.29) is 5.60 Å². The van der Waals surface area contributed by atoms with Crippen molar-refractivity contribution >= 4 is 0 Å². The van der Waals surface area contributed by atoms with Crippen LogP contribution in [-0.2, 0) is 9.47 Å². The predicted molar refractivity (Wildman–Crippen MR) is 85.2 cm³/mol. The highest BCUT2D eigenvalue weighted by atomic mass is 16.5. The number of nitrogens with one attached hydrogen (secondary N) is 1. The smallest absolute Gasteiger partial charge is 0.0707 e. The van der Waals surface area contributed by atoms with Gasteiger partial charge in [-0.2, -0.15) is 0 Å². The second-order valence-corrected chi connectivity index (χ2v) is 7.00. The first kappa shape index (κ1) is 17.9. The van der Waals surface area contributed by atoms with Crippen molar-refractivity contribution in [2.24, 2.45) is 5.41 Å². The van der Waals surface area contributed by atoms with Crippen LogP contribution < -0.4 is 5.32 Å². The summed E-state index contributed by atoms with van der Waals surface area (Å²) in [5, 5.41) is 3.69. The molecule has 0 heterocycles. The lowest BCUT2D eigenvalue weighted by atomic mass is 9.58. The van der Waals surface area contributed by atoms with Crippen molar-refractivity contribution in [2.45, 2.75) is 85.0 Å². The summed E-state index contributed by atoms with van der Waals surface area (Å²) >= 11 is 0. The van der Waals surface area contributed by atoms with E-state index in [1.54, 1.807) is 0 Å². The maximum absolute atomic E-state index is 6.12. The molecule has 1 aliphatic rings. The van der Waals surface area contributed by atoms with Crippen LogP contribution in [0.4, 0.5) is 0 Å². The second-order valence-electron chi connectivity index (χ2n) is 7.00. The van der Waals surface area contributed by atoms with Gasteiger partial charge >= 0.3 is 0 Å². The summed E-state index contributed by atoms with van der Waals surface area (Å²) in [6, 6.07) is 0.631. The largest absolute Gasteiger partial charge is 0.375 e. The lowest BCUT2D eigenvalue weighted by Gasteiger charge is -2.55. The van der Waals surface area contributed by atoms with Gasteiger partial charge in [0, 0.05) is 11.5 Å². The van der Waals surface area contributed by atoms with Crippen LogP contribution in [0.2, 0.25) is 0 Å². The third kappa shape index (κ3) is 4.44. The Morgan fingerprint density at radius 3 is 2.25 bits per heavy atom. The number of hydrogen-bond donors (Lipinski definition) is 1. The van der Waals surface area contributed by atoms with Gasteiger partial charge in [0.25, 0.3) is 0 Å². The van der Waals surface area contributed by atoms with Crippen molar-refractivity contribution in [3.63, 3.8) is 0 Å². The first-order valence-electron chi connectivity index (χ1n) is 8.38. The second kappa shape index (κ2) is 7.77. The third-order valence-electron chi connectivity index (χ3n) is 4.68. The average molecular weight is 285 g/mol. The van der Waals surface area contributed by atoms with Crippen molar-refractivity contribution in [3.05, 3.63) is 0 Å². The lowest BCUT2D eigenvalue weighted by Crippen LogP contribution is -2.63. The fraction of sp³-hybridized carbons (Fsp3) is 1.00. The Labute approximate surface area is 125 Å². The zero-order chi connectivity index (χ0) is 15.2. The van der Waals surface area contributed by atoms with E-state index in [0.29, 0.717) is 30.8 Å². The molecule has 0 radical (unpaired) electrons. The summed E-state index contributed by atoms with van der Waals surface area (Å²) in [4.78, 5) is 0. The SMILES string of the molecule is CCCNC1CC(OCCOC(C)(C)C)C1(CC)CC. The molecule has 3 heteroatoms. The molecule has 0 aromatic carbocycles. The van der Waals surface area contributed by atoms with E-state index in [1.165, 1.54) is 19.3 Å². The van der Waals surface area contributed by atoms with Gasteiger partial charge in [-0.15, -0.1) is 0 Å². The molecule has 120 valence electrons. The minimum Gasteiger partial charge on any atom is -0.375 e. The van der Waals surface area contributed by atoms with E-state index in [2.05, 4.69) is 46.9 Å². The maximum Gasteiger partial charge on any atom is 0.0707 e. The van der Waals surface area contributed by atoms with E-state index in [0.717, 1.165) is 13.0 Å². The van der Waals surface area contributed by atoms with Crippen molar-refractivity contribution in [1.29, 1.82) is 0 Å². The van der Waals surface area contributed by atoms with Crippen molar-refractivity contribution in [1.82, 2.24) is 5.32 Å². The van der Waals surface area contributed by atoms with Gasteiger partial charge in [-0.1, -0.05) is 20.8 Å². The Balaban J connectivity index is 2.38. The van der Waals surface area contributed by atoms with E-state index in [1.807, 2.05) is 0 Å². The Morgan fingerprint density at radius 1 is 1.10 bits per heavy atom. The fourth-order valence-electron chi connectivity index (χ4n) is 3.32. The zero-order valence-electron chi connectivity index (χ0n) is 14.4. The summed E-state index contributed by atoms with van der Waals surface area (Å²) in [6.45, 7) is 15.6. The molecule has 1 N–H and O–H groups in total. The van der Waals surface area contributed by atoms with Gasteiger partial charge in [0.15, 0.2) is 0 Å². The Kier molecular flexibility index (Phi) is 6.96. The van der Waals surface area contributed by atoms with Gasteiger partial charge in [0.1, 0.15) is 0 Å². The van der Waals surface area contributed by atoms with Gasteiger partial charge in [0.05, 0.1) is 24.9 Å². The standard InChI is InChI=1S/C17H35NO2/c1-7-10-18-14-13-15(17(14,8-2)9-3)19-11-12-20-16(4,5)6/h14-15,18H,7-13H2,1-6H3. The highest BCUT2D eigenvalue weighted by molar-refractivity contribution is 5.06. The number of rotatable bonds is 9. The number of hydrogen-bond acceptors (Lipinski definition) is 3. The van der Waals surface area contributed by atoms with Crippen LogP contribution in [0.15, 0.2) is 0 Å². The molecule has 3 nitrogen and oxygen atoms in total. The predicted octanol–water partition coefficient (Wildman–Crippen LogP) is 3.77. The minimum absolute atomic E-state index is 0.0687. The molecule has 0 bridgehead atoms. The van der Waals surface area contributed by atoms with Gasteiger partial charge in [-0.05, 0) is 53.0 Å². The van der Waals surface area contributed by atoms with Gasteiger partial charge in [0.2, 0.25) is 0 Å². The van der Waals surface area contributed by atoms with Crippen molar-refractivity contribution in [3.8, 4) is 0 Å². The molecule has 0 saturated heterocycles. The molecule has 1 rings (SSSR count). The molecule has 1 fully saturated rings. The Hall–Kier alpha value is -0.120. The Bertz CT molecular complexity index is 269. The highest BCUT2D eigenvalue weighted by Gasteiger charge is 2.52. The quantitative estimate of drug-likeness (QED) is 0.654. The van der Waals surface area contributed by atoms with Crippen LogP contribution in [-0.4, -0.2) is 37.5 Å². The summed E-state index contributed by atoms with van der Waals surface area (Å²) in [6.07, 6.45) is 5.13. The third-order valence-corrected chi connectivity index (χ3v) is 4.68. The van der Waals surface area contributed by atoms with Crippen LogP contribution in [0.1, 0.15) is 67.2 Å². The summed E-state index contributed by atoms with van der Waals surface area (Å²) in [5.74, 6) is 0. The van der Waals surface area contributed by atoms with Gasteiger partial charge in [-0.3, -0.25) is 0 Å². The monoisotopic (exact) mass is 285 g/mol. The summed E-state index contributed by atoms with van der Waals surface area (Å²) < 4.78 is 11.9. The molecule has 0 amide bonds. The molecule has 2 unspecified atom stereocenters. The maximum atomic E-state index is 6.12. The molecule has 20 heavy (non-hydrogen) atoms. The van der Waals surface area contributed by atoms with Crippen LogP contribution in [0.5, 0.6) is 0 Å². The van der Waals surface area contributed by atoms with E-state index < -0.39 is 0 Å². The summed E-state index contributed by atoms with van der Waals surface area (Å²) in [5.41, 5.74) is 0.262. The summed E-state index contributed by atoms with van der Waals surface area (Å²) in [7, 11) is 0. The van der Waals surface area contributed by atoms with Crippen molar-refractivity contribution < 1.29 is 9.47 Å². The molecule has 0 aromatic rings. The fourth-order valence-corrected chi connectivity index (χ4v) is 3.32. The number of ether oxygens (including phenoxy) is 2. The molecule has 2 atom stereocenters. The minimum atomic E-state index is -0.0687. The molecular formula is C17H35NO2. The normalized spacial score (nSPS) is 25.5. The van der Waals surface area contributed by atoms with Crippen LogP contribution >= 0.6 is 0 Å². The first-order valence-corrected chi connectivity index (χ1v) is 8.38. The van der Waals surface area contributed by atoms with Gasteiger partial charge < -0.3 is 14.8 Å². The van der Waals surface area contributed by atoms with E-state index in [4.69, 9.17) is 9.47 Å². The molecule has 1 saturated carbocycles. The van der Waals surface area contributed by atoms with Crippen LogP contribution in [0.3, 0.4) is 0 Å². The molecule has 0 aromatic heterocycles. The average Bonchev–Trinajstić information content (AvgIpc) is 2.36. The highest BCUT2D eigenvalue weighted by Crippen LogP contribution is 2.48. The Morgan fingerprint density at radius 2 is 1.75 bits per heavy atom. The van der Waals surface area contributed by atoms with Crippen LogP contribution in [0.25, 0.3) is 0 Å². The topological polar surface area (TPSA) is 30.5 Å². The molecule has 0 aliphatic heterocycles. The van der Waals surface area contributed by atoms with Gasteiger partial charge in [-0.25, -0.2) is 0 Å². The first-order chi connectivity index (χ1) is 9.39. The van der Waals surface area contributed by atoms with E-state index >= 15 is 0 Å². The lowest BCUT2D eigenvalue weighted by molar-refractivity contribution is -0.154. The van der Waals surface area contributed by atoms with Crippen LogP contribution in [0, 0.1) is 5.41 Å².